The number of hydrogen-bond donors (Lipinski definition) is 1. The summed E-state index contributed by atoms with van der Waals surface area (Å²) in [5.41, 5.74) is 1.31. The summed E-state index contributed by atoms with van der Waals surface area (Å²) in [7, 11) is 4.17. The molecule has 0 spiro atoms. The number of benzene rings is 2. The van der Waals surface area contributed by atoms with Crippen molar-refractivity contribution >= 4 is 11.8 Å². The summed E-state index contributed by atoms with van der Waals surface area (Å²) in [5.74, 6) is 0.308. The molecule has 100 valence electrons. The summed E-state index contributed by atoms with van der Waals surface area (Å²) in [6, 6.07) is 16.1. The van der Waals surface area contributed by atoms with Gasteiger partial charge in [0.2, 0.25) is 0 Å². The lowest BCUT2D eigenvalue weighted by molar-refractivity contribution is 0.317. The SMILES string of the molecule is C[C@@H](c1ccccc1Sc1cccc(O)c1)N(C)C. The summed E-state index contributed by atoms with van der Waals surface area (Å²) in [4.78, 5) is 4.48. The van der Waals surface area contributed by atoms with E-state index in [2.05, 4.69) is 50.2 Å². The third-order valence-corrected chi connectivity index (χ3v) is 4.27. The number of nitrogens with zero attached hydrogens (tertiary/aromatic N) is 1. The first-order chi connectivity index (χ1) is 9.08. The second-order valence-corrected chi connectivity index (χ2v) is 5.89. The van der Waals surface area contributed by atoms with Crippen LogP contribution in [0.4, 0.5) is 0 Å². The average molecular weight is 273 g/mol. The van der Waals surface area contributed by atoms with Crippen LogP contribution in [0.2, 0.25) is 0 Å². The smallest absolute Gasteiger partial charge is 0.116 e. The van der Waals surface area contributed by atoms with E-state index in [1.165, 1.54) is 10.5 Å². The summed E-state index contributed by atoms with van der Waals surface area (Å²) < 4.78 is 0. The zero-order valence-electron chi connectivity index (χ0n) is 11.5. The van der Waals surface area contributed by atoms with Crippen molar-refractivity contribution in [2.24, 2.45) is 0 Å². The second-order valence-electron chi connectivity index (χ2n) is 4.78. The molecule has 0 heterocycles. The average Bonchev–Trinajstić information content (AvgIpc) is 2.38. The highest BCUT2D eigenvalue weighted by Gasteiger charge is 2.12. The maximum absolute atomic E-state index is 9.54. The van der Waals surface area contributed by atoms with Crippen LogP contribution in [-0.2, 0) is 0 Å². The first-order valence-electron chi connectivity index (χ1n) is 6.30. The normalized spacial score (nSPS) is 12.6. The van der Waals surface area contributed by atoms with Gasteiger partial charge in [0.15, 0.2) is 0 Å². The first kappa shape index (κ1) is 14.0. The van der Waals surface area contributed by atoms with Gasteiger partial charge in [-0.25, -0.2) is 0 Å². The Balaban J connectivity index is 2.30. The molecule has 0 fully saturated rings. The molecular formula is C16H19NOS. The van der Waals surface area contributed by atoms with Crippen molar-refractivity contribution in [2.45, 2.75) is 22.8 Å². The largest absolute Gasteiger partial charge is 0.508 e. The lowest BCUT2D eigenvalue weighted by Gasteiger charge is -2.22. The van der Waals surface area contributed by atoms with Crippen LogP contribution in [0, 0.1) is 0 Å². The maximum atomic E-state index is 9.54. The Morgan fingerprint density at radius 1 is 1.05 bits per heavy atom. The van der Waals surface area contributed by atoms with Gasteiger partial charge in [-0.05, 0) is 50.8 Å². The van der Waals surface area contributed by atoms with Gasteiger partial charge in [0.05, 0.1) is 0 Å². The van der Waals surface area contributed by atoms with Gasteiger partial charge in [0.25, 0.3) is 0 Å². The molecule has 3 heteroatoms. The Hall–Kier alpha value is -1.45. The van der Waals surface area contributed by atoms with E-state index in [1.807, 2.05) is 12.1 Å². The maximum Gasteiger partial charge on any atom is 0.116 e. The molecule has 19 heavy (non-hydrogen) atoms. The highest BCUT2D eigenvalue weighted by Crippen LogP contribution is 2.35. The molecule has 1 N–H and O–H groups in total. The second kappa shape index (κ2) is 6.13. The van der Waals surface area contributed by atoms with Gasteiger partial charge in [-0.3, -0.25) is 0 Å². The van der Waals surface area contributed by atoms with Crippen molar-refractivity contribution in [3.63, 3.8) is 0 Å². The molecule has 0 bridgehead atoms. The van der Waals surface area contributed by atoms with Crippen molar-refractivity contribution in [3.05, 3.63) is 54.1 Å². The summed E-state index contributed by atoms with van der Waals surface area (Å²) in [6.45, 7) is 2.20. The van der Waals surface area contributed by atoms with Gasteiger partial charge in [-0.1, -0.05) is 36.0 Å². The summed E-state index contributed by atoms with van der Waals surface area (Å²) in [5, 5.41) is 9.54. The van der Waals surface area contributed by atoms with Crippen molar-refractivity contribution in [2.75, 3.05) is 14.1 Å². The fourth-order valence-corrected chi connectivity index (χ4v) is 2.95. The van der Waals surface area contributed by atoms with E-state index in [9.17, 15) is 5.11 Å². The van der Waals surface area contributed by atoms with Crippen molar-refractivity contribution in [1.82, 2.24) is 4.90 Å². The van der Waals surface area contributed by atoms with Crippen LogP contribution in [0.1, 0.15) is 18.5 Å². The first-order valence-corrected chi connectivity index (χ1v) is 7.12. The molecule has 2 aromatic rings. The number of hydrogen-bond acceptors (Lipinski definition) is 3. The highest BCUT2D eigenvalue weighted by molar-refractivity contribution is 7.99. The summed E-state index contributed by atoms with van der Waals surface area (Å²) >= 11 is 1.69. The topological polar surface area (TPSA) is 23.5 Å². The molecule has 0 saturated heterocycles. The lowest BCUT2D eigenvalue weighted by atomic mass is 10.1. The standard InChI is InChI=1S/C16H19NOS/c1-12(17(2)3)15-9-4-5-10-16(15)19-14-8-6-7-13(18)11-14/h4-12,18H,1-3H3/t12-/m0/s1. The van der Waals surface area contributed by atoms with Gasteiger partial charge < -0.3 is 10.0 Å². The molecule has 2 nitrogen and oxygen atoms in total. The van der Waals surface area contributed by atoms with E-state index in [0.29, 0.717) is 11.8 Å². The molecular weight excluding hydrogens is 254 g/mol. The molecule has 0 aromatic heterocycles. The van der Waals surface area contributed by atoms with E-state index in [1.54, 1.807) is 23.9 Å². The van der Waals surface area contributed by atoms with E-state index in [-0.39, 0.29) is 0 Å². The molecule has 0 aliphatic rings. The minimum absolute atomic E-state index is 0.308. The van der Waals surface area contributed by atoms with Crippen molar-refractivity contribution in [3.8, 4) is 5.75 Å². The molecule has 0 saturated carbocycles. The quantitative estimate of drug-likeness (QED) is 0.904. The zero-order chi connectivity index (χ0) is 13.8. The molecule has 0 aliphatic carbocycles. The molecule has 2 aromatic carbocycles. The molecule has 2 rings (SSSR count). The van der Waals surface area contributed by atoms with Crippen molar-refractivity contribution < 1.29 is 5.11 Å². The Morgan fingerprint density at radius 3 is 2.47 bits per heavy atom. The number of aromatic hydroxyl groups is 1. The monoisotopic (exact) mass is 273 g/mol. The Kier molecular flexibility index (Phi) is 4.51. The predicted octanol–water partition coefficient (Wildman–Crippen LogP) is 4.17. The molecule has 0 aliphatic heterocycles. The minimum Gasteiger partial charge on any atom is -0.508 e. The molecule has 0 radical (unpaired) electrons. The highest BCUT2D eigenvalue weighted by atomic mass is 32.2. The van der Waals surface area contributed by atoms with E-state index in [0.717, 1.165) is 4.90 Å². The molecule has 1 atom stereocenters. The molecule has 0 amide bonds. The predicted molar refractivity (Wildman–Crippen MR) is 80.8 cm³/mol. The van der Waals surface area contributed by atoms with Crippen LogP contribution in [0.5, 0.6) is 5.75 Å². The third-order valence-electron chi connectivity index (χ3n) is 3.19. The van der Waals surface area contributed by atoms with Crippen LogP contribution in [-0.4, -0.2) is 24.1 Å². The lowest BCUT2D eigenvalue weighted by Crippen LogP contribution is -2.17. The van der Waals surface area contributed by atoms with Crippen LogP contribution in [0.3, 0.4) is 0 Å². The van der Waals surface area contributed by atoms with E-state index in [4.69, 9.17) is 0 Å². The van der Waals surface area contributed by atoms with Crippen LogP contribution >= 0.6 is 11.8 Å². The fourth-order valence-electron chi connectivity index (χ4n) is 1.87. The summed E-state index contributed by atoms with van der Waals surface area (Å²) in [6.07, 6.45) is 0. The van der Waals surface area contributed by atoms with Gasteiger partial charge in [-0.15, -0.1) is 0 Å². The van der Waals surface area contributed by atoms with Crippen LogP contribution in [0.15, 0.2) is 58.3 Å². The Bertz CT molecular complexity index is 554. The minimum atomic E-state index is 0.308. The van der Waals surface area contributed by atoms with Gasteiger partial charge in [0.1, 0.15) is 5.75 Å². The third kappa shape index (κ3) is 3.52. The Morgan fingerprint density at radius 2 is 1.79 bits per heavy atom. The number of phenolic OH excluding ortho intramolecular Hbond substituents is 1. The van der Waals surface area contributed by atoms with Crippen LogP contribution < -0.4 is 0 Å². The van der Waals surface area contributed by atoms with Gasteiger partial charge >= 0.3 is 0 Å². The number of rotatable bonds is 4. The van der Waals surface area contributed by atoms with Gasteiger partial charge in [-0.2, -0.15) is 0 Å². The van der Waals surface area contributed by atoms with Gasteiger partial charge in [0, 0.05) is 15.8 Å². The fraction of sp³-hybridized carbons (Fsp3) is 0.250. The van der Waals surface area contributed by atoms with Crippen LogP contribution in [0.25, 0.3) is 0 Å². The zero-order valence-corrected chi connectivity index (χ0v) is 12.3. The van der Waals surface area contributed by atoms with E-state index < -0.39 is 0 Å². The molecule has 0 unspecified atom stereocenters. The van der Waals surface area contributed by atoms with E-state index >= 15 is 0 Å². The van der Waals surface area contributed by atoms with Crippen molar-refractivity contribution in [1.29, 1.82) is 0 Å². The number of phenols is 1. The Labute approximate surface area is 119 Å².